The lowest BCUT2D eigenvalue weighted by Gasteiger charge is -2.34. The molecule has 3 unspecified atom stereocenters. The van der Waals surface area contributed by atoms with Gasteiger partial charge >= 0.3 is 5.97 Å². The van der Waals surface area contributed by atoms with Crippen molar-refractivity contribution in [3.8, 4) is 0 Å². The molecular formula is C17H23FO2. The van der Waals surface area contributed by atoms with Crippen molar-refractivity contribution < 1.29 is 14.3 Å². The molecule has 1 aliphatic rings. The van der Waals surface area contributed by atoms with Crippen LogP contribution in [0.1, 0.15) is 44.6 Å². The summed E-state index contributed by atoms with van der Waals surface area (Å²) in [4.78, 5) is 11.4. The van der Waals surface area contributed by atoms with Gasteiger partial charge in [0.25, 0.3) is 0 Å². The molecule has 3 atom stereocenters. The van der Waals surface area contributed by atoms with E-state index < -0.39 is 5.97 Å². The average molecular weight is 278 g/mol. The van der Waals surface area contributed by atoms with Gasteiger partial charge in [-0.2, -0.15) is 0 Å². The summed E-state index contributed by atoms with van der Waals surface area (Å²) in [5.74, 6) is -0.434. The summed E-state index contributed by atoms with van der Waals surface area (Å²) in [5.41, 5.74) is 0.915. The zero-order valence-electron chi connectivity index (χ0n) is 12.0. The second-order valence-corrected chi connectivity index (χ2v) is 6.01. The van der Waals surface area contributed by atoms with Crippen molar-refractivity contribution >= 4 is 5.97 Å². The maximum atomic E-state index is 13.3. The standard InChI is InChI=1S/C17H23FO2/c1-2-4-12-7-8-16(17(19)20)14(9-12)10-13-5-3-6-15(18)11-13/h3,5-6,11-12,14,16H,2,4,7-10H2,1H3,(H,19,20). The van der Waals surface area contributed by atoms with Gasteiger partial charge in [0.05, 0.1) is 5.92 Å². The number of hydrogen-bond acceptors (Lipinski definition) is 1. The number of halogens is 1. The van der Waals surface area contributed by atoms with E-state index in [1.165, 1.54) is 18.6 Å². The van der Waals surface area contributed by atoms with Crippen LogP contribution in [0.25, 0.3) is 0 Å². The molecule has 2 nitrogen and oxygen atoms in total. The highest BCUT2D eigenvalue weighted by Gasteiger charge is 2.34. The van der Waals surface area contributed by atoms with Crippen LogP contribution in [-0.4, -0.2) is 11.1 Å². The Kier molecular flexibility index (Phi) is 5.16. The first-order valence-corrected chi connectivity index (χ1v) is 7.57. The van der Waals surface area contributed by atoms with Crippen LogP contribution in [0.4, 0.5) is 4.39 Å². The quantitative estimate of drug-likeness (QED) is 0.872. The maximum Gasteiger partial charge on any atom is 0.306 e. The van der Waals surface area contributed by atoms with Gasteiger partial charge < -0.3 is 5.11 Å². The molecule has 1 N–H and O–H groups in total. The van der Waals surface area contributed by atoms with Crippen LogP contribution < -0.4 is 0 Å². The highest BCUT2D eigenvalue weighted by atomic mass is 19.1. The Hall–Kier alpha value is -1.38. The predicted octanol–water partition coefficient (Wildman–Crippen LogP) is 4.29. The average Bonchev–Trinajstić information content (AvgIpc) is 2.39. The number of rotatable bonds is 5. The fourth-order valence-electron chi connectivity index (χ4n) is 3.55. The maximum absolute atomic E-state index is 13.3. The molecule has 0 aliphatic heterocycles. The van der Waals surface area contributed by atoms with Crippen LogP contribution >= 0.6 is 0 Å². The Morgan fingerprint density at radius 3 is 2.85 bits per heavy atom. The molecule has 2 rings (SSSR count). The normalized spacial score (nSPS) is 26.4. The molecule has 3 heteroatoms. The first kappa shape index (κ1) is 15.0. The fraction of sp³-hybridized carbons (Fsp3) is 0.588. The monoisotopic (exact) mass is 278 g/mol. The minimum Gasteiger partial charge on any atom is -0.481 e. The van der Waals surface area contributed by atoms with Crippen molar-refractivity contribution in [2.75, 3.05) is 0 Å². The minimum absolute atomic E-state index is 0.139. The van der Waals surface area contributed by atoms with Crippen molar-refractivity contribution in [1.82, 2.24) is 0 Å². The molecule has 0 saturated heterocycles. The van der Waals surface area contributed by atoms with Gasteiger partial charge in [-0.3, -0.25) is 4.79 Å². The molecule has 1 aromatic rings. The number of carboxylic acid groups (broad SMARTS) is 1. The third kappa shape index (κ3) is 3.81. The molecular weight excluding hydrogens is 255 g/mol. The molecule has 0 amide bonds. The summed E-state index contributed by atoms with van der Waals surface area (Å²) >= 11 is 0. The molecule has 1 saturated carbocycles. The van der Waals surface area contributed by atoms with Crippen molar-refractivity contribution in [3.05, 3.63) is 35.6 Å². The van der Waals surface area contributed by atoms with Crippen molar-refractivity contribution in [3.63, 3.8) is 0 Å². The zero-order valence-corrected chi connectivity index (χ0v) is 12.0. The second-order valence-electron chi connectivity index (χ2n) is 6.01. The molecule has 20 heavy (non-hydrogen) atoms. The van der Waals surface area contributed by atoms with Gasteiger partial charge in [-0.1, -0.05) is 31.9 Å². The van der Waals surface area contributed by atoms with Gasteiger partial charge in [-0.05, 0) is 55.2 Å². The molecule has 0 radical (unpaired) electrons. The molecule has 1 fully saturated rings. The molecule has 0 bridgehead atoms. The molecule has 1 aliphatic carbocycles. The SMILES string of the molecule is CCCC1CCC(C(=O)O)C(Cc2cccc(F)c2)C1. The van der Waals surface area contributed by atoms with Crippen molar-refractivity contribution in [2.24, 2.45) is 17.8 Å². The summed E-state index contributed by atoms with van der Waals surface area (Å²) < 4.78 is 13.3. The minimum atomic E-state index is -0.693. The van der Waals surface area contributed by atoms with Crippen molar-refractivity contribution in [1.29, 1.82) is 0 Å². The Bertz CT molecular complexity index is 458. The van der Waals surface area contributed by atoms with E-state index in [0.29, 0.717) is 12.3 Å². The highest BCUT2D eigenvalue weighted by molar-refractivity contribution is 5.70. The summed E-state index contributed by atoms with van der Waals surface area (Å²) in [6, 6.07) is 6.56. The first-order chi connectivity index (χ1) is 9.60. The lowest BCUT2D eigenvalue weighted by Crippen LogP contribution is -2.32. The van der Waals surface area contributed by atoms with E-state index in [1.807, 2.05) is 6.07 Å². The summed E-state index contributed by atoms with van der Waals surface area (Å²) in [7, 11) is 0. The van der Waals surface area contributed by atoms with Gasteiger partial charge in [0.1, 0.15) is 5.82 Å². The Morgan fingerprint density at radius 2 is 2.20 bits per heavy atom. The van der Waals surface area contributed by atoms with E-state index in [0.717, 1.165) is 31.2 Å². The van der Waals surface area contributed by atoms with Crippen molar-refractivity contribution in [2.45, 2.75) is 45.4 Å². The van der Waals surface area contributed by atoms with E-state index in [-0.39, 0.29) is 17.7 Å². The molecule has 0 aromatic heterocycles. The number of benzene rings is 1. The number of carboxylic acids is 1. The highest BCUT2D eigenvalue weighted by Crippen LogP contribution is 2.38. The molecule has 0 heterocycles. The van der Waals surface area contributed by atoms with Gasteiger partial charge in [-0.25, -0.2) is 4.39 Å². The Morgan fingerprint density at radius 1 is 1.40 bits per heavy atom. The molecule has 1 aromatic carbocycles. The van der Waals surface area contributed by atoms with Gasteiger partial charge in [0, 0.05) is 0 Å². The largest absolute Gasteiger partial charge is 0.481 e. The van der Waals surface area contributed by atoms with Gasteiger partial charge in [0.2, 0.25) is 0 Å². The zero-order chi connectivity index (χ0) is 14.5. The molecule has 0 spiro atoms. The lowest BCUT2D eigenvalue weighted by molar-refractivity contribution is -0.145. The van der Waals surface area contributed by atoms with Crippen LogP contribution in [0.2, 0.25) is 0 Å². The predicted molar refractivity (Wildman–Crippen MR) is 77.0 cm³/mol. The number of hydrogen-bond donors (Lipinski definition) is 1. The van der Waals surface area contributed by atoms with E-state index in [1.54, 1.807) is 6.07 Å². The third-order valence-electron chi connectivity index (χ3n) is 4.49. The van der Waals surface area contributed by atoms with Gasteiger partial charge in [0.15, 0.2) is 0 Å². The smallest absolute Gasteiger partial charge is 0.306 e. The van der Waals surface area contributed by atoms with E-state index >= 15 is 0 Å². The van der Waals surface area contributed by atoms with Crippen LogP contribution in [0.15, 0.2) is 24.3 Å². The Balaban J connectivity index is 2.08. The number of aliphatic carboxylic acids is 1. The summed E-state index contributed by atoms with van der Waals surface area (Å²) in [5, 5.41) is 9.38. The van der Waals surface area contributed by atoms with E-state index in [2.05, 4.69) is 6.92 Å². The van der Waals surface area contributed by atoms with Crippen LogP contribution in [-0.2, 0) is 11.2 Å². The van der Waals surface area contributed by atoms with Gasteiger partial charge in [-0.15, -0.1) is 0 Å². The van der Waals surface area contributed by atoms with Crippen LogP contribution in [0.5, 0.6) is 0 Å². The summed E-state index contributed by atoms with van der Waals surface area (Å²) in [6.45, 7) is 2.17. The fourth-order valence-corrected chi connectivity index (χ4v) is 3.55. The third-order valence-corrected chi connectivity index (χ3v) is 4.49. The van der Waals surface area contributed by atoms with Crippen LogP contribution in [0.3, 0.4) is 0 Å². The van der Waals surface area contributed by atoms with Crippen LogP contribution in [0, 0.1) is 23.6 Å². The van der Waals surface area contributed by atoms with E-state index in [9.17, 15) is 14.3 Å². The number of carbonyl (C=O) groups is 1. The topological polar surface area (TPSA) is 37.3 Å². The van der Waals surface area contributed by atoms with E-state index in [4.69, 9.17) is 0 Å². The molecule has 110 valence electrons. The first-order valence-electron chi connectivity index (χ1n) is 7.57. The Labute approximate surface area is 120 Å². The second kappa shape index (κ2) is 6.87. The summed E-state index contributed by atoms with van der Waals surface area (Å²) in [6.07, 6.45) is 5.74. The lowest BCUT2D eigenvalue weighted by atomic mass is 9.70.